The number of amides is 3. The van der Waals surface area contributed by atoms with E-state index in [0.29, 0.717) is 48.7 Å². The molecule has 3 heterocycles. The molecule has 2 saturated heterocycles. The molecular formula is C34H34FN5O5. The third-order valence-electron chi connectivity index (χ3n) is 8.95. The Kier molecular flexibility index (Phi) is 8.78. The second-order valence-electron chi connectivity index (χ2n) is 11.6. The molecule has 0 radical (unpaired) electrons. The Hall–Kier alpha value is -4.79. The van der Waals surface area contributed by atoms with Crippen LogP contribution in [0.3, 0.4) is 0 Å². The maximum absolute atomic E-state index is 14.6. The summed E-state index contributed by atoms with van der Waals surface area (Å²) < 4.78 is 20.8. The fraction of sp³-hybridized carbons (Fsp3) is 0.353. The van der Waals surface area contributed by atoms with Gasteiger partial charge in [-0.2, -0.15) is 10.7 Å². The van der Waals surface area contributed by atoms with Crippen LogP contribution in [-0.2, 0) is 27.6 Å². The number of halogens is 1. The Labute approximate surface area is 260 Å². The van der Waals surface area contributed by atoms with E-state index in [4.69, 9.17) is 14.8 Å². The predicted octanol–water partition coefficient (Wildman–Crippen LogP) is 4.15. The molecule has 232 valence electrons. The van der Waals surface area contributed by atoms with Crippen molar-refractivity contribution in [1.29, 1.82) is 5.26 Å². The lowest BCUT2D eigenvalue weighted by Gasteiger charge is -2.37. The third-order valence-corrected chi connectivity index (χ3v) is 8.95. The molecule has 2 fully saturated rings. The smallest absolute Gasteiger partial charge is 0.255 e. The first-order chi connectivity index (χ1) is 21.9. The van der Waals surface area contributed by atoms with Gasteiger partial charge in [0.25, 0.3) is 5.91 Å². The average molecular weight is 612 g/mol. The Morgan fingerprint density at radius 3 is 2.53 bits per heavy atom. The fourth-order valence-corrected chi connectivity index (χ4v) is 6.54. The Morgan fingerprint density at radius 1 is 1.07 bits per heavy atom. The molecule has 3 aromatic carbocycles. The van der Waals surface area contributed by atoms with Gasteiger partial charge in [-0.15, -0.1) is 0 Å². The first-order valence-corrected chi connectivity index (χ1v) is 15.1. The van der Waals surface area contributed by atoms with Crippen LogP contribution in [0.5, 0.6) is 5.75 Å². The van der Waals surface area contributed by atoms with Crippen molar-refractivity contribution in [1.82, 2.24) is 15.7 Å². The maximum atomic E-state index is 14.6. The van der Waals surface area contributed by atoms with E-state index in [0.717, 1.165) is 29.5 Å². The van der Waals surface area contributed by atoms with Gasteiger partial charge in [0.2, 0.25) is 11.8 Å². The summed E-state index contributed by atoms with van der Waals surface area (Å²) in [7, 11) is 1.60. The summed E-state index contributed by atoms with van der Waals surface area (Å²) in [6.45, 7) is 1.91. The number of carbonyl (C=O) groups is 3. The number of nitrogens with zero attached hydrogens (tertiary/aromatic N) is 3. The van der Waals surface area contributed by atoms with Gasteiger partial charge in [-0.25, -0.2) is 4.39 Å². The number of imide groups is 1. The molecule has 0 bridgehead atoms. The molecule has 3 amide bonds. The Bertz CT molecular complexity index is 1650. The molecule has 0 aromatic heterocycles. The molecule has 2 atom stereocenters. The summed E-state index contributed by atoms with van der Waals surface area (Å²) in [4.78, 5) is 46.0. The van der Waals surface area contributed by atoms with Crippen molar-refractivity contribution in [3.63, 3.8) is 0 Å². The number of hydrogen-bond acceptors (Lipinski definition) is 8. The summed E-state index contributed by atoms with van der Waals surface area (Å²) in [5.41, 5.74) is 7.24. The zero-order chi connectivity index (χ0) is 31.5. The highest BCUT2D eigenvalue weighted by Crippen LogP contribution is 2.35. The van der Waals surface area contributed by atoms with Crippen LogP contribution in [0.4, 0.5) is 10.1 Å². The maximum Gasteiger partial charge on any atom is 0.255 e. The minimum absolute atomic E-state index is 0.0559. The number of ether oxygens (including phenoxy) is 1. The number of benzene rings is 3. The molecule has 3 aromatic rings. The molecule has 0 saturated carbocycles. The molecule has 11 heteroatoms. The zero-order valence-corrected chi connectivity index (χ0v) is 24.9. The van der Waals surface area contributed by atoms with Crippen molar-refractivity contribution in [2.75, 3.05) is 25.1 Å². The minimum Gasteiger partial charge on any atom is -0.489 e. The number of hydroxylamine groups is 1. The van der Waals surface area contributed by atoms with Crippen molar-refractivity contribution in [3.8, 4) is 11.8 Å². The largest absolute Gasteiger partial charge is 0.489 e. The molecule has 6 rings (SSSR count). The van der Waals surface area contributed by atoms with Crippen LogP contribution in [0.25, 0.3) is 0 Å². The van der Waals surface area contributed by atoms with E-state index in [1.807, 2.05) is 41.3 Å². The zero-order valence-electron chi connectivity index (χ0n) is 24.9. The van der Waals surface area contributed by atoms with E-state index in [2.05, 4.69) is 10.8 Å². The molecule has 2 N–H and O–H groups in total. The van der Waals surface area contributed by atoms with Crippen molar-refractivity contribution < 1.29 is 28.3 Å². The molecule has 0 aliphatic carbocycles. The first-order valence-electron chi connectivity index (χ1n) is 15.1. The molecule has 3 aliphatic heterocycles. The second kappa shape index (κ2) is 13.1. The van der Waals surface area contributed by atoms with Crippen molar-refractivity contribution in [2.24, 2.45) is 5.92 Å². The Morgan fingerprint density at radius 2 is 1.84 bits per heavy atom. The number of fused-ring (bicyclic) bond motifs is 1. The number of hydrogen-bond donors (Lipinski definition) is 2. The van der Waals surface area contributed by atoms with Crippen molar-refractivity contribution >= 4 is 23.4 Å². The first kappa shape index (κ1) is 30.2. The summed E-state index contributed by atoms with van der Waals surface area (Å²) in [6, 6.07) is 19.3. The summed E-state index contributed by atoms with van der Waals surface area (Å²) in [6.07, 6.45) is 2.17. The minimum atomic E-state index is -0.680. The number of carbonyl (C=O) groups excluding carboxylic acids is 3. The van der Waals surface area contributed by atoms with Gasteiger partial charge in [0.1, 0.15) is 24.2 Å². The average Bonchev–Trinajstić information content (AvgIpc) is 3.39. The predicted molar refractivity (Wildman–Crippen MR) is 162 cm³/mol. The van der Waals surface area contributed by atoms with E-state index < -0.39 is 11.9 Å². The standard InChI is InChI=1S/C34H34FN5O5/c1-44-38-32(24-13-15-39(16-14-24)28-10-7-22(18-36)17-27(28)35)23-8-5-21(6-9-23)20-45-30-4-2-3-25-26(30)19-40(34(25)43)29-11-12-31(41)37-33(29)42/h2-10,17,24,29,32,38H,11-16,19-20H2,1H3,(H,37,41,42)/t29-,32?/m0/s1. The van der Waals surface area contributed by atoms with Crippen LogP contribution >= 0.6 is 0 Å². The van der Waals surface area contributed by atoms with Gasteiger partial charge in [-0.1, -0.05) is 30.3 Å². The lowest BCUT2D eigenvalue weighted by atomic mass is 9.85. The highest BCUT2D eigenvalue weighted by molar-refractivity contribution is 6.05. The monoisotopic (exact) mass is 611 g/mol. The second-order valence-corrected chi connectivity index (χ2v) is 11.6. The highest BCUT2D eigenvalue weighted by Gasteiger charge is 2.40. The van der Waals surface area contributed by atoms with E-state index in [1.165, 1.54) is 11.0 Å². The van der Waals surface area contributed by atoms with Crippen LogP contribution in [0.15, 0.2) is 60.7 Å². The van der Waals surface area contributed by atoms with E-state index >= 15 is 0 Å². The van der Waals surface area contributed by atoms with Crippen molar-refractivity contribution in [3.05, 3.63) is 94.3 Å². The normalized spacial score (nSPS) is 19.2. The van der Waals surface area contributed by atoms with Crippen LogP contribution in [0, 0.1) is 23.1 Å². The van der Waals surface area contributed by atoms with E-state index in [9.17, 15) is 18.8 Å². The van der Waals surface area contributed by atoms with Gasteiger partial charge >= 0.3 is 0 Å². The summed E-state index contributed by atoms with van der Waals surface area (Å²) in [5, 5.41) is 11.4. The fourth-order valence-electron chi connectivity index (χ4n) is 6.54. The quantitative estimate of drug-likeness (QED) is 0.273. The lowest BCUT2D eigenvalue weighted by Crippen LogP contribution is -2.52. The van der Waals surface area contributed by atoms with Crippen LogP contribution in [-0.4, -0.2) is 48.9 Å². The Balaban J connectivity index is 1.08. The van der Waals surface area contributed by atoms with E-state index in [-0.39, 0.29) is 42.6 Å². The van der Waals surface area contributed by atoms with Crippen LogP contribution < -0.4 is 20.4 Å². The topological polar surface area (TPSA) is 124 Å². The van der Waals surface area contributed by atoms with E-state index in [1.54, 1.807) is 31.4 Å². The van der Waals surface area contributed by atoms with Crippen LogP contribution in [0.2, 0.25) is 0 Å². The number of piperidine rings is 2. The van der Waals surface area contributed by atoms with Gasteiger partial charge in [0.15, 0.2) is 0 Å². The van der Waals surface area contributed by atoms with Gasteiger partial charge in [-0.05, 0) is 66.6 Å². The van der Waals surface area contributed by atoms with Gasteiger partial charge in [0.05, 0.1) is 37.0 Å². The molecule has 0 spiro atoms. The molecule has 10 nitrogen and oxygen atoms in total. The van der Waals surface area contributed by atoms with Gasteiger partial charge in [-0.3, -0.25) is 19.7 Å². The summed E-state index contributed by atoms with van der Waals surface area (Å²) in [5.74, 6) is -0.524. The third kappa shape index (κ3) is 6.25. The lowest BCUT2D eigenvalue weighted by molar-refractivity contribution is -0.136. The van der Waals surface area contributed by atoms with Crippen molar-refractivity contribution in [2.45, 2.75) is 50.9 Å². The highest BCUT2D eigenvalue weighted by atomic mass is 19.1. The molecular weight excluding hydrogens is 577 g/mol. The summed E-state index contributed by atoms with van der Waals surface area (Å²) >= 11 is 0. The molecule has 3 aliphatic rings. The van der Waals surface area contributed by atoms with Gasteiger partial charge in [0, 0.05) is 30.6 Å². The number of anilines is 1. The number of rotatable bonds is 9. The SMILES string of the molecule is CONC(c1ccc(COc2cccc3c2CN([C@H]2CCC(=O)NC2=O)C3=O)cc1)C1CCN(c2ccc(C#N)cc2F)CC1. The molecule has 1 unspecified atom stereocenters. The van der Waals surface area contributed by atoms with Crippen LogP contribution in [0.1, 0.15) is 64.3 Å². The number of nitrogens with one attached hydrogen (secondary N) is 2. The molecule has 45 heavy (non-hydrogen) atoms. The number of nitriles is 1. The van der Waals surface area contributed by atoms with Gasteiger partial charge < -0.3 is 19.4 Å².